The molecule has 3 N–H and O–H groups in total. The summed E-state index contributed by atoms with van der Waals surface area (Å²) in [6.45, 7) is 5.33. The molecule has 1 aliphatic heterocycles. The number of hydrogen-bond donors (Lipinski definition) is 3. The number of rotatable bonds is 5. The van der Waals surface area contributed by atoms with Crippen LogP contribution in [-0.4, -0.2) is 20.2 Å². The van der Waals surface area contributed by atoms with E-state index in [1.165, 1.54) is 6.92 Å². The van der Waals surface area contributed by atoms with Crippen LogP contribution in [0.1, 0.15) is 47.8 Å². The third-order valence-corrected chi connectivity index (χ3v) is 6.06. The summed E-state index contributed by atoms with van der Waals surface area (Å²) >= 11 is 0. The van der Waals surface area contributed by atoms with E-state index in [1.807, 2.05) is 12.1 Å². The molecule has 0 saturated carbocycles. The molecule has 0 amide bonds. The Bertz CT molecular complexity index is 924. The maximum Gasteiger partial charge on any atom is 0.262 e. The number of aryl methyl sites for hydroxylation is 1. The molecule has 7 heteroatoms. The lowest BCUT2D eigenvalue weighted by atomic mass is 10.0. The molecule has 2 unspecified atom stereocenters. The molecule has 1 heterocycles. The van der Waals surface area contributed by atoms with E-state index in [9.17, 15) is 13.2 Å². The second kappa shape index (κ2) is 7.19. The molecule has 6 nitrogen and oxygen atoms in total. The number of hydrazine groups is 1. The molecular formula is C19H23N3O3S. The van der Waals surface area contributed by atoms with Gasteiger partial charge in [-0.25, -0.2) is 8.42 Å². The summed E-state index contributed by atoms with van der Waals surface area (Å²) in [7, 11) is -3.73. The summed E-state index contributed by atoms with van der Waals surface area (Å²) in [5, 5.41) is 0. The average molecular weight is 373 g/mol. The summed E-state index contributed by atoms with van der Waals surface area (Å²) in [6.07, 6.45) is 0.891. The van der Waals surface area contributed by atoms with Crippen LogP contribution in [-0.2, 0) is 10.0 Å². The van der Waals surface area contributed by atoms with Crippen molar-refractivity contribution < 1.29 is 13.2 Å². The normalized spacial score (nSPS) is 20.1. The van der Waals surface area contributed by atoms with E-state index in [-0.39, 0.29) is 16.7 Å². The van der Waals surface area contributed by atoms with E-state index < -0.39 is 10.0 Å². The number of hydrogen-bond acceptors (Lipinski definition) is 5. The summed E-state index contributed by atoms with van der Waals surface area (Å²) < 4.78 is 28.3. The van der Waals surface area contributed by atoms with Gasteiger partial charge in [0.2, 0.25) is 0 Å². The van der Waals surface area contributed by atoms with Crippen LogP contribution in [0.4, 0.5) is 5.69 Å². The molecule has 0 bridgehead atoms. The number of Topliss-reactive ketones (excluding diaryl/α,β-unsaturated/α-hetero) is 1. The van der Waals surface area contributed by atoms with Gasteiger partial charge in [0.1, 0.15) is 0 Å². The average Bonchev–Trinajstić information content (AvgIpc) is 3.01. The van der Waals surface area contributed by atoms with Crippen molar-refractivity contribution in [1.29, 1.82) is 0 Å². The van der Waals surface area contributed by atoms with Gasteiger partial charge in [0.15, 0.2) is 5.78 Å². The largest absolute Gasteiger partial charge is 0.295 e. The van der Waals surface area contributed by atoms with Gasteiger partial charge in [-0.2, -0.15) is 0 Å². The predicted molar refractivity (Wildman–Crippen MR) is 102 cm³/mol. The number of sulfonamides is 1. The van der Waals surface area contributed by atoms with Crippen LogP contribution in [0, 0.1) is 6.92 Å². The maximum absolute atomic E-state index is 12.9. The van der Waals surface area contributed by atoms with Crippen LogP contribution in [0.5, 0.6) is 0 Å². The van der Waals surface area contributed by atoms with Gasteiger partial charge < -0.3 is 0 Å². The fourth-order valence-electron chi connectivity index (χ4n) is 3.04. The number of benzene rings is 2. The topological polar surface area (TPSA) is 87.3 Å². The molecular weight excluding hydrogens is 350 g/mol. The number of carbonyl (C=O) groups is 1. The van der Waals surface area contributed by atoms with Crippen molar-refractivity contribution in [3.8, 4) is 0 Å². The van der Waals surface area contributed by atoms with Crippen molar-refractivity contribution in [3.05, 3.63) is 59.2 Å². The molecule has 138 valence electrons. The third-order valence-electron chi connectivity index (χ3n) is 4.54. The lowest BCUT2D eigenvalue weighted by Crippen LogP contribution is -2.29. The van der Waals surface area contributed by atoms with Gasteiger partial charge >= 0.3 is 0 Å². The molecule has 1 fully saturated rings. The first-order chi connectivity index (χ1) is 12.3. The van der Waals surface area contributed by atoms with Gasteiger partial charge in [0.05, 0.1) is 4.90 Å². The molecule has 1 aliphatic rings. The zero-order chi connectivity index (χ0) is 18.9. The molecule has 3 rings (SSSR count). The van der Waals surface area contributed by atoms with Gasteiger partial charge in [0.25, 0.3) is 10.0 Å². The molecule has 0 aromatic heterocycles. The maximum atomic E-state index is 12.9. The number of carbonyl (C=O) groups excluding carboxylic acids is 1. The molecule has 2 aromatic rings. The Hall–Kier alpha value is -2.22. The van der Waals surface area contributed by atoms with Crippen LogP contribution in [0.2, 0.25) is 0 Å². The lowest BCUT2D eigenvalue weighted by molar-refractivity contribution is 0.101. The highest BCUT2D eigenvalue weighted by atomic mass is 32.2. The Morgan fingerprint density at radius 1 is 1.12 bits per heavy atom. The summed E-state index contributed by atoms with van der Waals surface area (Å²) in [6, 6.07) is 12.3. The van der Waals surface area contributed by atoms with E-state index in [0.29, 0.717) is 22.9 Å². The third kappa shape index (κ3) is 3.95. The van der Waals surface area contributed by atoms with Gasteiger partial charge in [-0.3, -0.25) is 20.4 Å². The number of anilines is 1. The second-order valence-electron chi connectivity index (χ2n) is 6.74. The summed E-state index contributed by atoms with van der Waals surface area (Å²) in [5.41, 5.74) is 8.92. The molecule has 0 spiro atoms. The highest BCUT2D eigenvalue weighted by molar-refractivity contribution is 7.92. The highest BCUT2D eigenvalue weighted by Crippen LogP contribution is 2.27. The first-order valence-electron chi connectivity index (χ1n) is 8.51. The SMILES string of the molecule is CC(=O)c1ccc(NS(=O)(=O)c2cc(C3CC(C)NN3)ccc2C)cc1. The van der Waals surface area contributed by atoms with Gasteiger partial charge in [-0.05, 0) is 68.7 Å². The first-order valence-corrected chi connectivity index (χ1v) is 10.00. The standard InChI is InChI=1S/C19H23N3O3S/c1-12-4-5-16(18-10-13(2)20-21-18)11-19(12)26(24,25)22-17-8-6-15(7-9-17)14(3)23/h4-9,11,13,18,20-22H,10H2,1-3H3. The van der Waals surface area contributed by atoms with E-state index in [0.717, 1.165) is 12.0 Å². The zero-order valence-corrected chi connectivity index (χ0v) is 15.9. The van der Waals surface area contributed by atoms with Crippen molar-refractivity contribution in [2.24, 2.45) is 0 Å². The van der Waals surface area contributed by atoms with Crippen molar-refractivity contribution in [3.63, 3.8) is 0 Å². The number of ketones is 1. The van der Waals surface area contributed by atoms with Crippen LogP contribution in [0.15, 0.2) is 47.4 Å². The quantitative estimate of drug-likeness (QED) is 0.702. The zero-order valence-electron chi connectivity index (χ0n) is 15.0. The van der Waals surface area contributed by atoms with Crippen molar-refractivity contribution in [2.45, 2.75) is 44.2 Å². The van der Waals surface area contributed by atoms with E-state index >= 15 is 0 Å². The van der Waals surface area contributed by atoms with Crippen molar-refractivity contribution in [1.82, 2.24) is 10.9 Å². The molecule has 0 radical (unpaired) electrons. The minimum absolute atomic E-state index is 0.0603. The van der Waals surface area contributed by atoms with Gasteiger partial charge in [0, 0.05) is 23.3 Å². The fourth-order valence-corrected chi connectivity index (χ4v) is 4.38. The molecule has 0 aliphatic carbocycles. The van der Waals surface area contributed by atoms with Crippen LogP contribution < -0.4 is 15.6 Å². The van der Waals surface area contributed by atoms with E-state index in [2.05, 4.69) is 22.5 Å². The highest BCUT2D eigenvalue weighted by Gasteiger charge is 2.24. The minimum Gasteiger partial charge on any atom is -0.295 e. The first kappa shape index (κ1) is 18.6. The van der Waals surface area contributed by atoms with Crippen molar-refractivity contribution in [2.75, 3.05) is 4.72 Å². The molecule has 2 atom stereocenters. The molecule has 26 heavy (non-hydrogen) atoms. The second-order valence-corrected chi connectivity index (χ2v) is 8.39. The molecule has 2 aromatic carbocycles. The van der Waals surface area contributed by atoms with Crippen LogP contribution in [0.3, 0.4) is 0 Å². The van der Waals surface area contributed by atoms with Crippen molar-refractivity contribution >= 4 is 21.5 Å². The summed E-state index contributed by atoms with van der Waals surface area (Å²) in [5.74, 6) is -0.0603. The monoisotopic (exact) mass is 373 g/mol. The predicted octanol–water partition coefficient (Wildman–Crippen LogP) is 2.93. The van der Waals surface area contributed by atoms with Gasteiger partial charge in [-0.1, -0.05) is 12.1 Å². The smallest absolute Gasteiger partial charge is 0.262 e. The van der Waals surface area contributed by atoms with Gasteiger partial charge in [-0.15, -0.1) is 0 Å². The summed E-state index contributed by atoms with van der Waals surface area (Å²) in [4.78, 5) is 11.6. The molecule has 1 saturated heterocycles. The number of nitrogens with one attached hydrogen (secondary N) is 3. The minimum atomic E-state index is -3.73. The Kier molecular flexibility index (Phi) is 5.13. The van der Waals surface area contributed by atoms with E-state index in [1.54, 1.807) is 37.3 Å². The Morgan fingerprint density at radius 2 is 1.81 bits per heavy atom. The van der Waals surface area contributed by atoms with Crippen LogP contribution in [0.25, 0.3) is 0 Å². The van der Waals surface area contributed by atoms with E-state index in [4.69, 9.17) is 0 Å². The Balaban J connectivity index is 1.87. The lowest BCUT2D eigenvalue weighted by Gasteiger charge is -2.15. The Morgan fingerprint density at radius 3 is 2.38 bits per heavy atom. The Labute approximate surface area is 154 Å². The van der Waals surface area contributed by atoms with Crippen LogP contribution >= 0.6 is 0 Å². The fraction of sp³-hybridized carbons (Fsp3) is 0.316.